The van der Waals surface area contributed by atoms with Gasteiger partial charge in [-0.1, -0.05) is 6.42 Å². The van der Waals surface area contributed by atoms with E-state index in [1.807, 2.05) is 18.2 Å². The molecule has 4 nitrogen and oxygen atoms in total. The van der Waals surface area contributed by atoms with E-state index < -0.39 is 0 Å². The third-order valence-electron chi connectivity index (χ3n) is 3.29. The van der Waals surface area contributed by atoms with Gasteiger partial charge in [0.05, 0.1) is 6.61 Å². The highest BCUT2D eigenvalue weighted by Crippen LogP contribution is 2.26. The van der Waals surface area contributed by atoms with Crippen LogP contribution in [0.15, 0.2) is 18.2 Å². The van der Waals surface area contributed by atoms with Crippen molar-refractivity contribution in [2.45, 2.75) is 38.5 Å². The van der Waals surface area contributed by atoms with Crippen LogP contribution in [0.5, 0.6) is 5.75 Å². The number of rotatable bonds is 7. The summed E-state index contributed by atoms with van der Waals surface area (Å²) in [6.45, 7) is 0.980. The van der Waals surface area contributed by atoms with Gasteiger partial charge >= 0.3 is 0 Å². The van der Waals surface area contributed by atoms with Gasteiger partial charge in [0.25, 0.3) is 0 Å². The van der Waals surface area contributed by atoms with Crippen LogP contribution in [-0.4, -0.2) is 24.2 Å². The number of benzene rings is 1. The average molecular weight is 263 g/mol. The van der Waals surface area contributed by atoms with Gasteiger partial charge in [-0.3, -0.25) is 4.79 Å². The number of carbonyl (C=O) groups is 1. The Bertz CT molecular complexity index is 431. The van der Waals surface area contributed by atoms with E-state index in [0.29, 0.717) is 13.0 Å². The van der Waals surface area contributed by atoms with E-state index >= 15 is 0 Å². The highest BCUT2D eigenvalue weighted by molar-refractivity contribution is 5.93. The van der Waals surface area contributed by atoms with E-state index in [1.165, 1.54) is 0 Å². The van der Waals surface area contributed by atoms with Gasteiger partial charge in [0.2, 0.25) is 5.91 Å². The number of nitrogens with one attached hydrogen (secondary N) is 1. The zero-order chi connectivity index (χ0) is 13.5. The van der Waals surface area contributed by atoms with Gasteiger partial charge in [-0.2, -0.15) is 0 Å². The van der Waals surface area contributed by atoms with E-state index in [9.17, 15) is 4.79 Å². The molecular formula is C15H21NO3. The molecule has 1 aliphatic heterocycles. The molecule has 1 heterocycles. The number of unbranched alkanes of at least 4 members (excludes halogenated alkanes) is 3. The molecular weight excluding hydrogens is 242 g/mol. The molecule has 4 heteroatoms. The number of carbonyl (C=O) groups excluding carboxylic acids is 1. The Morgan fingerprint density at radius 1 is 1.16 bits per heavy atom. The summed E-state index contributed by atoms with van der Waals surface area (Å²) in [4.78, 5) is 11.2. The molecule has 0 spiro atoms. The number of aliphatic hydroxyl groups is 1. The van der Waals surface area contributed by atoms with Gasteiger partial charge in [0.15, 0.2) is 0 Å². The minimum atomic E-state index is 0.0880. The maximum atomic E-state index is 11.2. The smallest absolute Gasteiger partial charge is 0.224 e. The number of amides is 1. The first-order chi connectivity index (χ1) is 9.29. The largest absolute Gasteiger partial charge is 0.494 e. The standard InChI is InChI=1S/C15H21NO3/c17-9-3-1-2-4-10-19-13-6-7-14-12(11-13)5-8-15(18)16-14/h6-7,11,17H,1-5,8-10H2,(H,16,18). The Kier molecular flexibility index (Phi) is 5.21. The van der Waals surface area contributed by atoms with Gasteiger partial charge in [-0.05, 0) is 49.4 Å². The molecule has 2 rings (SSSR count). The fourth-order valence-electron chi connectivity index (χ4n) is 2.21. The number of hydrogen-bond acceptors (Lipinski definition) is 3. The molecule has 0 atom stereocenters. The Balaban J connectivity index is 1.77. The zero-order valence-corrected chi connectivity index (χ0v) is 11.2. The number of aryl methyl sites for hydroxylation is 1. The summed E-state index contributed by atoms with van der Waals surface area (Å²) in [7, 11) is 0. The van der Waals surface area contributed by atoms with Crippen molar-refractivity contribution in [1.29, 1.82) is 0 Å². The number of ether oxygens (including phenoxy) is 1. The van der Waals surface area contributed by atoms with Gasteiger partial charge in [0.1, 0.15) is 5.75 Å². The van der Waals surface area contributed by atoms with Crippen LogP contribution in [0.4, 0.5) is 5.69 Å². The van der Waals surface area contributed by atoms with Crippen LogP contribution in [0.1, 0.15) is 37.7 Å². The molecule has 19 heavy (non-hydrogen) atoms. The van der Waals surface area contributed by atoms with E-state index in [2.05, 4.69) is 5.32 Å². The number of hydrogen-bond donors (Lipinski definition) is 2. The summed E-state index contributed by atoms with van der Waals surface area (Å²) in [6.07, 6.45) is 5.36. The summed E-state index contributed by atoms with van der Waals surface area (Å²) in [5, 5.41) is 11.5. The van der Waals surface area contributed by atoms with Crippen LogP contribution in [0.25, 0.3) is 0 Å². The second-order valence-corrected chi connectivity index (χ2v) is 4.85. The Hall–Kier alpha value is -1.55. The van der Waals surface area contributed by atoms with Gasteiger partial charge in [0, 0.05) is 18.7 Å². The summed E-state index contributed by atoms with van der Waals surface area (Å²) in [5.74, 6) is 0.960. The maximum absolute atomic E-state index is 11.2. The lowest BCUT2D eigenvalue weighted by Crippen LogP contribution is -2.18. The second kappa shape index (κ2) is 7.14. The SMILES string of the molecule is O=C1CCc2cc(OCCCCCCO)ccc2N1. The molecule has 104 valence electrons. The van der Waals surface area contributed by atoms with Gasteiger partial charge < -0.3 is 15.2 Å². The molecule has 0 aliphatic carbocycles. The number of anilines is 1. The first-order valence-electron chi connectivity index (χ1n) is 6.96. The van der Waals surface area contributed by atoms with Crippen LogP contribution in [0.3, 0.4) is 0 Å². The molecule has 1 aromatic rings. The predicted molar refractivity (Wildman–Crippen MR) is 74.4 cm³/mol. The number of aliphatic hydroxyl groups excluding tert-OH is 1. The lowest BCUT2D eigenvalue weighted by Gasteiger charge is -2.17. The van der Waals surface area contributed by atoms with Crippen molar-refractivity contribution >= 4 is 11.6 Å². The molecule has 0 saturated carbocycles. The van der Waals surface area contributed by atoms with Crippen LogP contribution in [-0.2, 0) is 11.2 Å². The fraction of sp³-hybridized carbons (Fsp3) is 0.533. The van der Waals surface area contributed by atoms with Gasteiger partial charge in [-0.25, -0.2) is 0 Å². The van der Waals surface area contributed by atoms with Gasteiger partial charge in [-0.15, -0.1) is 0 Å². The van der Waals surface area contributed by atoms with Crippen molar-refractivity contribution in [1.82, 2.24) is 0 Å². The second-order valence-electron chi connectivity index (χ2n) is 4.85. The Labute approximate surface area is 113 Å². The molecule has 0 aromatic heterocycles. The monoisotopic (exact) mass is 263 g/mol. The minimum Gasteiger partial charge on any atom is -0.494 e. The van der Waals surface area contributed by atoms with Crippen molar-refractivity contribution in [3.63, 3.8) is 0 Å². The summed E-state index contributed by atoms with van der Waals surface area (Å²) in [5.41, 5.74) is 2.06. The van der Waals surface area contributed by atoms with Crippen LogP contribution < -0.4 is 10.1 Å². The predicted octanol–water partition coefficient (Wildman–Crippen LogP) is 2.50. The van der Waals surface area contributed by atoms with Crippen molar-refractivity contribution in [2.75, 3.05) is 18.5 Å². The summed E-state index contributed by atoms with van der Waals surface area (Å²) >= 11 is 0. The van der Waals surface area contributed by atoms with Crippen LogP contribution in [0, 0.1) is 0 Å². The highest BCUT2D eigenvalue weighted by atomic mass is 16.5. The molecule has 1 aromatic carbocycles. The first kappa shape index (κ1) is 13.9. The molecule has 0 fully saturated rings. The van der Waals surface area contributed by atoms with Crippen LogP contribution in [0.2, 0.25) is 0 Å². The normalized spacial score (nSPS) is 13.8. The van der Waals surface area contributed by atoms with E-state index in [-0.39, 0.29) is 12.5 Å². The topological polar surface area (TPSA) is 58.6 Å². The first-order valence-corrected chi connectivity index (χ1v) is 6.96. The Morgan fingerprint density at radius 3 is 2.84 bits per heavy atom. The average Bonchev–Trinajstić information content (AvgIpc) is 2.43. The molecule has 0 radical (unpaired) electrons. The quantitative estimate of drug-likeness (QED) is 0.743. The molecule has 1 amide bonds. The molecule has 2 N–H and O–H groups in total. The van der Waals surface area contributed by atoms with Crippen molar-refractivity contribution in [2.24, 2.45) is 0 Å². The summed E-state index contributed by atoms with van der Waals surface area (Å²) < 4.78 is 5.70. The maximum Gasteiger partial charge on any atom is 0.224 e. The van der Waals surface area contributed by atoms with E-state index in [4.69, 9.17) is 9.84 Å². The highest BCUT2D eigenvalue weighted by Gasteiger charge is 2.14. The summed E-state index contributed by atoms with van der Waals surface area (Å²) in [6, 6.07) is 5.83. The third-order valence-corrected chi connectivity index (χ3v) is 3.29. The molecule has 0 bridgehead atoms. The van der Waals surface area contributed by atoms with Crippen molar-refractivity contribution < 1.29 is 14.6 Å². The lowest BCUT2D eigenvalue weighted by atomic mass is 10.0. The van der Waals surface area contributed by atoms with Crippen LogP contribution >= 0.6 is 0 Å². The number of fused-ring (bicyclic) bond motifs is 1. The Morgan fingerprint density at radius 2 is 2.00 bits per heavy atom. The van der Waals surface area contributed by atoms with Crippen molar-refractivity contribution in [3.8, 4) is 5.75 Å². The zero-order valence-electron chi connectivity index (χ0n) is 11.2. The minimum absolute atomic E-state index is 0.0880. The molecule has 0 saturated heterocycles. The molecule has 1 aliphatic rings. The third kappa shape index (κ3) is 4.24. The van der Waals surface area contributed by atoms with Crippen molar-refractivity contribution in [3.05, 3.63) is 23.8 Å². The fourth-order valence-corrected chi connectivity index (χ4v) is 2.21. The van der Waals surface area contributed by atoms with E-state index in [0.717, 1.165) is 49.1 Å². The van der Waals surface area contributed by atoms with E-state index in [1.54, 1.807) is 0 Å². The molecule has 0 unspecified atom stereocenters. The lowest BCUT2D eigenvalue weighted by molar-refractivity contribution is -0.116.